The highest BCUT2D eigenvalue weighted by Crippen LogP contribution is 2.28. The van der Waals surface area contributed by atoms with E-state index < -0.39 is 11.9 Å². The number of benzene rings is 2. The lowest BCUT2D eigenvalue weighted by atomic mass is 10.0. The summed E-state index contributed by atoms with van der Waals surface area (Å²) < 4.78 is 3.09. The van der Waals surface area contributed by atoms with Gasteiger partial charge in [0.15, 0.2) is 11.6 Å². The van der Waals surface area contributed by atoms with Crippen molar-refractivity contribution in [2.45, 2.75) is 26.8 Å². The first kappa shape index (κ1) is 29.2. The number of rotatable bonds is 7. The minimum atomic E-state index is -0.600. The quantitative estimate of drug-likeness (QED) is 0.190. The Kier molecular flexibility index (Phi) is 8.36. The molecule has 0 aliphatic heterocycles. The Bertz CT molecular complexity index is 1970. The van der Waals surface area contributed by atoms with Gasteiger partial charge in [0, 0.05) is 29.7 Å². The van der Waals surface area contributed by atoms with Gasteiger partial charge in [-0.3, -0.25) is 19.1 Å². The van der Waals surface area contributed by atoms with Crippen LogP contribution in [-0.4, -0.2) is 31.0 Å². The molecule has 0 aliphatic carbocycles. The van der Waals surface area contributed by atoms with E-state index in [0.29, 0.717) is 39.2 Å². The highest BCUT2D eigenvalue weighted by Gasteiger charge is 2.25. The summed E-state index contributed by atoms with van der Waals surface area (Å²) in [7, 11) is 1.68. The second-order valence-electron chi connectivity index (χ2n) is 10.2. The second kappa shape index (κ2) is 12.3. The van der Waals surface area contributed by atoms with Crippen molar-refractivity contribution in [2.75, 3.05) is 5.73 Å². The maximum Gasteiger partial charge on any atom is 0.264 e. The van der Waals surface area contributed by atoms with Gasteiger partial charge < -0.3 is 11.1 Å². The van der Waals surface area contributed by atoms with Crippen LogP contribution in [0.1, 0.15) is 53.3 Å². The molecule has 10 heteroatoms. The number of amides is 1. The third-order valence-corrected chi connectivity index (χ3v) is 7.63. The molecule has 0 saturated carbocycles. The highest BCUT2D eigenvalue weighted by molar-refractivity contribution is 7.10. The molecule has 3 heterocycles. The Hall–Kier alpha value is -5.27. The topological polar surface area (TPSA) is 120 Å². The van der Waals surface area contributed by atoms with Crippen LogP contribution < -0.4 is 16.6 Å². The number of thiazole rings is 1. The number of nitrogens with two attached hydrogens (primary N) is 1. The normalized spacial score (nSPS) is 12.2. The van der Waals surface area contributed by atoms with Crippen LogP contribution in [0.15, 0.2) is 88.7 Å². The Morgan fingerprint density at radius 1 is 1.14 bits per heavy atom. The third-order valence-electron chi connectivity index (χ3n) is 6.94. The molecule has 1 amide bonds. The number of carbonyl (C=O) groups excluding carboxylic acids is 1. The molecular formula is C33H31N7O2S. The van der Waals surface area contributed by atoms with Crippen molar-refractivity contribution in [2.24, 2.45) is 18.0 Å². The summed E-state index contributed by atoms with van der Waals surface area (Å²) in [6.45, 7) is 9.64. The first-order chi connectivity index (χ1) is 20.7. The molecule has 0 fully saturated rings. The number of aliphatic imine (C=N–C) groups is 1. The Labute approximate surface area is 253 Å². The summed E-state index contributed by atoms with van der Waals surface area (Å²) in [5.74, 6) is 6.26. The molecular weight excluding hydrogens is 558 g/mol. The number of nitrogens with one attached hydrogen (secondary N) is 1. The number of anilines is 1. The number of nitrogens with zero attached hydrogens (tertiary/aromatic N) is 5. The minimum Gasteiger partial charge on any atom is -0.381 e. The van der Waals surface area contributed by atoms with E-state index in [9.17, 15) is 9.59 Å². The number of carbonyl (C=O) groups is 1. The molecule has 3 N–H and O–H groups in total. The molecule has 2 aromatic carbocycles. The molecule has 0 radical (unpaired) electrons. The smallest absolute Gasteiger partial charge is 0.264 e. The van der Waals surface area contributed by atoms with Crippen LogP contribution in [0.2, 0.25) is 0 Å². The van der Waals surface area contributed by atoms with E-state index >= 15 is 0 Å². The third kappa shape index (κ3) is 5.89. The van der Waals surface area contributed by atoms with E-state index in [2.05, 4.69) is 38.8 Å². The number of aromatic nitrogens is 4. The summed E-state index contributed by atoms with van der Waals surface area (Å²) >= 11 is 1.44. The SMILES string of the molecule is C=C/C(=N\c1c(C(=O)NC(C)c2cc3cccc(C#Cc4cncs4)c3c(=O)n2-c2ccccc2)c(N)nn1C)C(C)C. The number of fused-ring (bicyclic) bond motifs is 1. The van der Waals surface area contributed by atoms with Crippen LogP contribution in [0.4, 0.5) is 11.6 Å². The molecule has 1 atom stereocenters. The van der Waals surface area contributed by atoms with Gasteiger partial charge in [-0.1, -0.05) is 56.7 Å². The molecule has 5 aromatic rings. The van der Waals surface area contributed by atoms with Crippen molar-refractivity contribution in [3.63, 3.8) is 0 Å². The zero-order valence-electron chi connectivity index (χ0n) is 24.3. The van der Waals surface area contributed by atoms with Gasteiger partial charge in [0.2, 0.25) is 0 Å². The van der Waals surface area contributed by atoms with Crippen molar-refractivity contribution in [3.8, 4) is 17.5 Å². The number of hydrogen-bond donors (Lipinski definition) is 2. The van der Waals surface area contributed by atoms with Crippen LogP contribution in [0.3, 0.4) is 0 Å². The van der Waals surface area contributed by atoms with Crippen LogP contribution in [0.25, 0.3) is 16.5 Å². The lowest BCUT2D eigenvalue weighted by Crippen LogP contribution is -2.32. The number of pyridine rings is 1. The van der Waals surface area contributed by atoms with Gasteiger partial charge in [0.25, 0.3) is 11.5 Å². The number of aryl methyl sites for hydroxylation is 1. The van der Waals surface area contributed by atoms with Crippen LogP contribution >= 0.6 is 11.3 Å². The van der Waals surface area contributed by atoms with E-state index in [0.717, 1.165) is 4.88 Å². The number of allylic oxidation sites excluding steroid dienone is 1. The van der Waals surface area contributed by atoms with Crippen molar-refractivity contribution in [3.05, 3.63) is 111 Å². The molecule has 0 bridgehead atoms. The Morgan fingerprint density at radius 2 is 1.91 bits per heavy atom. The van der Waals surface area contributed by atoms with Gasteiger partial charge in [0.1, 0.15) is 5.56 Å². The predicted octanol–water partition coefficient (Wildman–Crippen LogP) is 5.57. The van der Waals surface area contributed by atoms with Gasteiger partial charge >= 0.3 is 0 Å². The van der Waals surface area contributed by atoms with Crippen molar-refractivity contribution in [1.82, 2.24) is 24.6 Å². The van der Waals surface area contributed by atoms with Gasteiger partial charge in [-0.15, -0.1) is 11.3 Å². The maximum absolute atomic E-state index is 14.2. The van der Waals surface area contributed by atoms with E-state index in [1.54, 1.807) is 29.4 Å². The summed E-state index contributed by atoms with van der Waals surface area (Å²) in [4.78, 5) is 37.5. The van der Waals surface area contributed by atoms with Gasteiger partial charge in [-0.25, -0.2) is 9.67 Å². The average Bonchev–Trinajstić information content (AvgIpc) is 3.61. The Morgan fingerprint density at radius 3 is 2.58 bits per heavy atom. The molecule has 3 aromatic heterocycles. The lowest BCUT2D eigenvalue weighted by Gasteiger charge is -2.21. The second-order valence-corrected chi connectivity index (χ2v) is 11.1. The Balaban J connectivity index is 1.62. The van der Waals surface area contributed by atoms with E-state index in [1.165, 1.54) is 16.0 Å². The lowest BCUT2D eigenvalue weighted by molar-refractivity contribution is 0.0940. The van der Waals surface area contributed by atoms with E-state index in [-0.39, 0.29) is 22.9 Å². The number of nitrogen functional groups attached to an aromatic ring is 1. The van der Waals surface area contributed by atoms with E-state index in [4.69, 9.17) is 5.73 Å². The van der Waals surface area contributed by atoms with Crippen molar-refractivity contribution in [1.29, 1.82) is 0 Å². The number of hydrogen-bond acceptors (Lipinski definition) is 7. The molecule has 1 unspecified atom stereocenters. The average molecular weight is 590 g/mol. The minimum absolute atomic E-state index is 0.0567. The van der Waals surface area contributed by atoms with Crippen molar-refractivity contribution >= 4 is 45.4 Å². The molecule has 43 heavy (non-hydrogen) atoms. The molecule has 216 valence electrons. The fraction of sp³-hybridized carbons (Fsp3) is 0.182. The standard InChI is InChI=1S/C33H31N7O2S/c1-6-26(20(2)3)37-31-29(30(34)38-39(31)5)32(41)36-21(4)27-17-23-12-10-11-22(15-16-25-18-35-19-43-25)28(23)33(42)40(27)24-13-8-7-9-14-24/h6-14,17-21H,1H2,2-5H3,(H2,34,38)(H,36,41)/b37-26+. The van der Waals surface area contributed by atoms with E-state index in [1.807, 2.05) is 75.4 Å². The molecule has 0 aliphatic rings. The zero-order chi connectivity index (χ0) is 30.7. The van der Waals surface area contributed by atoms with Crippen LogP contribution in [0.5, 0.6) is 0 Å². The monoisotopic (exact) mass is 589 g/mol. The summed E-state index contributed by atoms with van der Waals surface area (Å²) in [6.07, 6.45) is 3.35. The summed E-state index contributed by atoms with van der Waals surface area (Å²) in [6, 6.07) is 16.2. The van der Waals surface area contributed by atoms with Crippen molar-refractivity contribution < 1.29 is 4.79 Å². The fourth-order valence-electron chi connectivity index (χ4n) is 4.81. The van der Waals surface area contributed by atoms with Gasteiger partial charge in [-0.2, -0.15) is 5.10 Å². The zero-order valence-corrected chi connectivity index (χ0v) is 25.1. The summed E-state index contributed by atoms with van der Waals surface area (Å²) in [5, 5.41) is 8.47. The fourth-order valence-corrected chi connectivity index (χ4v) is 5.28. The molecule has 5 rings (SSSR count). The van der Waals surface area contributed by atoms with Gasteiger partial charge in [-0.05, 0) is 54.5 Å². The predicted molar refractivity (Wildman–Crippen MR) is 173 cm³/mol. The summed E-state index contributed by atoms with van der Waals surface area (Å²) in [5.41, 5.74) is 10.4. The van der Waals surface area contributed by atoms with Crippen LogP contribution in [0, 0.1) is 17.8 Å². The molecule has 0 spiro atoms. The maximum atomic E-state index is 14.2. The number of para-hydroxylation sites is 1. The van der Waals surface area contributed by atoms with Crippen LogP contribution in [-0.2, 0) is 7.05 Å². The first-order valence-electron chi connectivity index (χ1n) is 13.7. The first-order valence-corrected chi connectivity index (χ1v) is 14.6. The largest absolute Gasteiger partial charge is 0.381 e. The molecule has 0 saturated heterocycles. The molecule has 9 nitrogen and oxygen atoms in total. The van der Waals surface area contributed by atoms with Gasteiger partial charge in [0.05, 0.1) is 28.0 Å². The highest BCUT2D eigenvalue weighted by atomic mass is 32.1.